The molecule has 0 aliphatic heterocycles. The van der Waals surface area contributed by atoms with Crippen molar-refractivity contribution < 1.29 is 0 Å². The van der Waals surface area contributed by atoms with Gasteiger partial charge in [-0.05, 0) is 42.6 Å². The van der Waals surface area contributed by atoms with E-state index in [1.807, 2.05) is 0 Å². The van der Waals surface area contributed by atoms with E-state index < -0.39 is 0 Å². The SMILES string of the molecule is CC1(CNC2CC(c3ccccc3)C2)CCC1. The normalized spacial score (nSPS) is 30.4. The van der Waals surface area contributed by atoms with Crippen molar-refractivity contribution in [2.75, 3.05) is 6.54 Å². The molecule has 2 saturated carbocycles. The summed E-state index contributed by atoms with van der Waals surface area (Å²) < 4.78 is 0. The van der Waals surface area contributed by atoms with Crippen LogP contribution in [0.15, 0.2) is 30.3 Å². The van der Waals surface area contributed by atoms with Gasteiger partial charge in [-0.25, -0.2) is 0 Å². The number of hydrogen-bond acceptors (Lipinski definition) is 1. The summed E-state index contributed by atoms with van der Waals surface area (Å²) in [5.41, 5.74) is 2.15. The standard InChI is InChI=1S/C16H23N/c1-16(8-5-9-16)12-17-15-10-14(11-15)13-6-3-2-4-7-13/h2-4,6-7,14-15,17H,5,8-12H2,1H3. The predicted octanol–water partition coefficient (Wildman–Crippen LogP) is 3.71. The molecule has 0 amide bonds. The van der Waals surface area contributed by atoms with Crippen LogP contribution in [-0.2, 0) is 0 Å². The lowest BCUT2D eigenvalue weighted by atomic mass is 9.69. The molecule has 1 nitrogen and oxygen atoms in total. The zero-order valence-corrected chi connectivity index (χ0v) is 10.8. The van der Waals surface area contributed by atoms with Crippen LogP contribution in [0.1, 0.15) is 50.5 Å². The van der Waals surface area contributed by atoms with Crippen molar-refractivity contribution >= 4 is 0 Å². The van der Waals surface area contributed by atoms with Crippen molar-refractivity contribution in [3.8, 4) is 0 Å². The van der Waals surface area contributed by atoms with Crippen molar-refractivity contribution in [3.05, 3.63) is 35.9 Å². The monoisotopic (exact) mass is 229 g/mol. The minimum absolute atomic E-state index is 0.623. The van der Waals surface area contributed by atoms with Crippen LogP contribution in [0, 0.1) is 5.41 Å². The maximum absolute atomic E-state index is 3.76. The Bertz CT molecular complexity index is 360. The first-order valence-electron chi connectivity index (χ1n) is 7.04. The van der Waals surface area contributed by atoms with Crippen molar-refractivity contribution in [3.63, 3.8) is 0 Å². The molecule has 2 fully saturated rings. The van der Waals surface area contributed by atoms with Crippen LogP contribution in [0.4, 0.5) is 0 Å². The maximum Gasteiger partial charge on any atom is 0.00789 e. The van der Waals surface area contributed by atoms with Crippen molar-refractivity contribution in [2.24, 2.45) is 5.41 Å². The lowest BCUT2D eigenvalue weighted by Gasteiger charge is -2.43. The summed E-state index contributed by atoms with van der Waals surface area (Å²) in [6, 6.07) is 11.7. The van der Waals surface area contributed by atoms with Crippen LogP contribution in [0.2, 0.25) is 0 Å². The molecule has 1 aromatic carbocycles. The minimum atomic E-state index is 0.623. The maximum atomic E-state index is 3.76. The summed E-state index contributed by atoms with van der Waals surface area (Å²) in [4.78, 5) is 0. The van der Waals surface area contributed by atoms with E-state index in [1.54, 1.807) is 0 Å². The topological polar surface area (TPSA) is 12.0 Å². The second-order valence-electron chi connectivity index (χ2n) is 6.32. The van der Waals surface area contributed by atoms with Crippen molar-refractivity contribution in [2.45, 2.75) is 51.0 Å². The molecule has 1 aromatic rings. The van der Waals surface area contributed by atoms with Crippen LogP contribution in [0.3, 0.4) is 0 Å². The smallest absolute Gasteiger partial charge is 0.00789 e. The molecule has 3 rings (SSSR count). The summed E-state index contributed by atoms with van der Waals surface area (Å²) in [5.74, 6) is 0.808. The molecule has 0 aromatic heterocycles. The number of hydrogen-bond donors (Lipinski definition) is 1. The second-order valence-corrected chi connectivity index (χ2v) is 6.32. The predicted molar refractivity (Wildman–Crippen MR) is 72.2 cm³/mol. The average molecular weight is 229 g/mol. The molecule has 1 heteroatoms. The van der Waals surface area contributed by atoms with Gasteiger partial charge in [-0.2, -0.15) is 0 Å². The molecule has 17 heavy (non-hydrogen) atoms. The summed E-state index contributed by atoms with van der Waals surface area (Å²) >= 11 is 0. The Hall–Kier alpha value is -0.820. The summed E-state index contributed by atoms with van der Waals surface area (Å²) in [5, 5.41) is 3.76. The van der Waals surface area contributed by atoms with Gasteiger partial charge in [0.25, 0.3) is 0 Å². The van der Waals surface area contributed by atoms with E-state index >= 15 is 0 Å². The third-order valence-corrected chi connectivity index (χ3v) is 4.79. The highest BCUT2D eigenvalue weighted by molar-refractivity contribution is 5.22. The first-order chi connectivity index (χ1) is 8.25. The van der Waals surface area contributed by atoms with Gasteiger partial charge in [-0.3, -0.25) is 0 Å². The Labute approximate surface area is 105 Å². The summed E-state index contributed by atoms with van der Waals surface area (Å²) in [6.45, 7) is 3.66. The van der Waals surface area contributed by atoms with E-state index in [1.165, 1.54) is 44.2 Å². The number of nitrogens with one attached hydrogen (secondary N) is 1. The van der Waals surface area contributed by atoms with Crippen molar-refractivity contribution in [1.29, 1.82) is 0 Å². The molecule has 0 radical (unpaired) electrons. The highest BCUT2D eigenvalue weighted by Crippen LogP contribution is 2.41. The molecule has 0 unspecified atom stereocenters. The Morgan fingerprint density at radius 1 is 1.18 bits per heavy atom. The fraction of sp³-hybridized carbons (Fsp3) is 0.625. The third-order valence-electron chi connectivity index (χ3n) is 4.79. The van der Waals surface area contributed by atoms with Crippen LogP contribution in [-0.4, -0.2) is 12.6 Å². The zero-order chi connectivity index (χ0) is 11.7. The Morgan fingerprint density at radius 2 is 1.88 bits per heavy atom. The molecule has 0 saturated heterocycles. The second kappa shape index (κ2) is 4.45. The van der Waals surface area contributed by atoms with Crippen LogP contribution >= 0.6 is 0 Å². The van der Waals surface area contributed by atoms with Gasteiger partial charge in [-0.1, -0.05) is 43.7 Å². The fourth-order valence-electron chi connectivity index (χ4n) is 3.13. The van der Waals surface area contributed by atoms with E-state index in [9.17, 15) is 0 Å². The van der Waals surface area contributed by atoms with Gasteiger partial charge < -0.3 is 5.32 Å². The van der Waals surface area contributed by atoms with Gasteiger partial charge in [0.05, 0.1) is 0 Å². The highest BCUT2D eigenvalue weighted by Gasteiger charge is 2.35. The molecular weight excluding hydrogens is 206 g/mol. The van der Waals surface area contributed by atoms with E-state index in [2.05, 4.69) is 42.6 Å². The van der Waals surface area contributed by atoms with E-state index in [0.29, 0.717) is 5.41 Å². The van der Waals surface area contributed by atoms with Gasteiger partial charge in [0.15, 0.2) is 0 Å². The zero-order valence-electron chi connectivity index (χ0n) is 10.8. The summed E-state index contributed by atoms with van der Waals surface area (Å²) in [7, 11) is 0. The van der Waals surface area contributed by atoms with Crippen molar-refractivity contribution in [1.82, 2.24) is 5.32 Å². The van der Waals surface area contributed by atoms with Crippen LogP contribution < -0.4 is 5.32 Å². The first-order valence-corrected chi connectivity index (χ1v) is 7.04. The van der Waals surface area contributed by atoms with Gasteiger partial charge in [-0.15, -0.1) is 0 Å². The average Bonchev–Trinajstić information content (AvgIpc) is 2.26. The number of benzene rings is 1. The Kier molecular flexibility index (Phi) is 2.96. The molecule has 92 valence electrons. The van der Waals surface area contributed by atoms with Crippen LogP contribution in [0.25, 0.3) is 0 Å². The molecule has 0 bridgehead atoms. The Morgan fingerprint density at radius 3 is 2.47 bits per heavy atom. The molecule has 2 aliphatic rings. The largest absolute Gasteiger partial charge is 0.313 e. The van der Waals surface area contributed by atoms with E-state index in [-0.39, 0.29) is 0 Å². The fourth-order valence-corrected chi connectivity index (χ4v) is 3.13. The quantitative estimate of drug-likeness (QED) is 0.830. The molecular formula is C16H23N. The first kappa shape index (κ1) is 11.3. The third kappa shape index (κ3) is 2.40. The van der Waals surface area contributed by atoms with E-state index in [4.69, 9.17) is 0 Å². The molecule has 0 atom stereocenters. The minimum Gasteiger partial charge on any atom is -0.313 e. The highest BCUT2D eigenvalue weighted by atomic mass is 14.9. The van der Waals surface area contributed by atoms with Gasteiger partial charge >= 0.3 is 0 Å². The number of rotatable bonds is 4. The van der Waals surface area contributed by atoms with Gasteiger partial charge in [0.1, 0.15) is 0 Å². The summed E-state index contributed by atoms with van der Waals surface area (Å²) in [6.07, 6.45) is 6.96. The van der Waals surface area contributed by atoms with E-state index in [0.717, 1.165) is 12.0 Å². The molecule has 2 aliphatic carbocycles. The van der Waals surface area contributed by atoms with Crippen LogP contribution in [0.5, 0.6) is 0 Å². The molecule has 0 heterocycles. The van der Waals surface area contributed by atoms with Gasteiger partial charge in [0.2, 0.25) is 0 Å². The lowest BCUT2D eigenvalue weighted by molar-refractivity contribution is 0.137. The molecule has 1 N–H and O–H groups in total. The van der Waals surface area contributed by atoms with Gasteiger partial charge in [0, 0.05) is 12.6 Å². The molecule has 0 spiro atoms. The Balaban J connectivity index is 1.43. The lowest BCUT2D eigenvalue weighted by Crippen LogP contribution is -2.46.